The van der Waals surface area contributed by atoms with Crippen LogP contribution in [0, 0.1) is 5.82 Å². The number of methoxy groups -OCH3 is 1. The van der Waals surface area contributed by atoms with Crippen LogP contribution >= 0.6 is 0 Å². The van der Waals surface area contributed by atoms with Crippen LogP contribution in [0.4, 0.5) is 10.1 Å². The molecule has 3 rings (SSSR count). The van der Waals surface area contributed by atoms with Crippen LogP contribution in [-0.4, -0.2) is 38.3 Å². The van der Waals surface area contributed by atoms with Gasteiger partial charge in [-0.1, -0.05) is 30.3 Å². The van der Waals surface area contributed by atoms with Crippen LogP contribution in [0.3, 0.4) is 0 Å². The fourth-order valence-corrected chi connectivity index (χ4v) is 4.41. The van der Waals surface area contributed by atoms with Gasteiger partial charge in [-0.3, -0.25) is 9.59 Å². The zero-order chi connectivity index (χ0) is 20.3. The van der Waals surface area contributed by atoms with Crippen LogP contribution in [0.15, 0.2) is 47.4 Å². The minimum Gasteiger partial charge on any atom is -0.468 e. The van der Waals surface area contributed by atoms with E-state index >= 15 is 0 Å². The van der Waals surface area contributed by atoms with Crippen molar-refractivity contribution >= 4 is 27.6 Å². The molecule has 7 nitrogen and oxygen atoms in total. The number of anilines is 1. The summed E-state index contributed by atoms with van der Waals surface area (Å²) in [4.78, 5) is 22.7. The Balaban J connectivity index is 2.01. The number of halogens is 1. The van der Waals surface area contributed by atoms with Gasteiger partial charge in [0.25, 0.3) is 0 Å². The second-order valence-corrected chi connectivity index (χ2v) is 8.23. The molecule has 0 saturated heterocycles. The zero-order valence-electron chi connectivity index (χ0n) is 15.1. The maximum Gasteiger partial charge on any atom is 0.321 e. The number of benzene rings is 2. The zero-order valence-corrected chi connectivity index (χ0v) is 16.0. The number of amides is 1. The van der Waals surface area contributed by atoms with E-state index in [1.807, 2.05) is 0 Å². The highest BCUT2D eigenvalue weighted by atomic mass is 32.2. The Kier molecular flexibility index (Phi) is 5.76. The van der Waals surface area contributed by atoms with E-state index in [9.17, 15) is 22.4 Å². The van der Waals surface area contributed by atoms with Crippen molar-refractivity contribution < 1.29 is 27.1 Å². The minimum atomic E-state index is -4.34. The van der Waals surface area contributed by atoms with Gasteiger partial charge in [0, 0.05) is 18.7 Å². The summed E-state index contributed by atoms with van der Waals surface area (Å²) in [6, 6.07) is 10.9. The van der Waals surface area contributed by atoms with Gasteiger partial charge in [0.15, 0.2) is 0 Å². The number of rotatable bonds is 6. The third kappa shape index (κ3) is 4.20. The second-order valence-electron chi connectivity index (χ2n) is 6.32. The van der Waals surface area contributed by atoms with Crippen molar-refractivity contribution in [1.29, 1.82) is 0 Å². The van der Waals surface area contributed by atoms with Crippen LogP contribution in [0.5, 0.6) is 0 Å². The number of carbonyl (C=O) groups excluding carboxylic acids is 2. The van der Waals surface area contributed by atoms with Crippen molar-refractivity contribution in [2.45, 2.75) is 24.3 Å². The summed E-state index contributed by atoms with van der Waals surface area (Å²) in [5.41, 5.74) is 1.42. The Morgan fingerprint density at radius 1 is 1.21 bits per heavy atom. The largest absolute Gasteiger partial charge is 0.468 e. The second kappa shape index (κ2) is 8.07. The number of fused-ring (bicyclic) bond motifs is 1. The lowest BCUT2D eigenvalue weighted by atomic mass is 10.0. The van der Waals surface area contributed by atoms with E-state index in [4.69, 9.17) is 0 Å². The molecule has 1 aliphatic heterocycles. The Hall–Kier alpha value is -2.78. The highest BCUT2D eigenvalue weighted by Crippen LogP contribution is 2.30. The molecular formula is C19H19FN2O5S. The van der Waals surface area contributed by atoms with E-state index in [0.717, 1.165) is 17.5 Å². The van der Waals surface area contributed by atoms with Crippen molar-refractivity contribution in [2.24, 2.45) is 0 Å². The number of ether oxygens (including phenoxy) is 1. The fourth-order valence-electron chi connectivity index (χ4n) is 2.94. The van der Waals surface area contributed by atoms with Crippen molar-refractivity contribution in [3.05, 3.63) is 59.4 Å². The van der Waals surface area contributed by atoms with E-state index in [0.29, 0.717) is 17.5 Å². The molecule has 1 heterocycles. The van der Waals surface area contributed by atoms with Crippen LogP contribution in [0.1, 0.15) is 17.5 Å². The third-order valence-electron chi connectivity index (χ3n) is 4.41. The lowest BCUT2D eigenvalue weighted by Crippen LogP contribution is -2.36. The van der Waals surface area contributed by atoms with E-state index in [2.05, 4.69) is 10.1 Å². The Morgan fingerprint density at radius 2 is 1.93 bits per heavy atom. The number of esters is 1. The number of aryl methyl sites for hydroxylation is 1. The minimum absolute atomic E-state index is 0.120. The molecule has 1 N–H and O–H groups in total. The predicted octanol–water partition coefficient (Wildman–Crippen LogP) is 2.07. The van der Waals surface area contributed by atoms with Gasteiger partial charge in [-0.2, -0.15) is 4.31 Å². The van der Waals surface area contributed by atoms with Crippen LogP contribution in [-0.2, 0) is 37.3 Å². The van der Waals surface area contributed by atoms with E-state index < -0.39 is 33.3 Å². The number of hydrogen-bond acceptors (Lipinski definition) is 5. The van der Waals surface area contributed by atoms with E-state index in [-0.39, 0.29) is 24.6 Å². The predicted molar refractivity (Wildman–Crippen MR) is 99.4 cm³/mol. The average Bonchev–Trinajstić information content (AvgIpc) is 2.67. The number of nitrogens with one attached hydrogen (secondary N) is 1. The molecule has 28 heavy (non-hydrogen) atoms. The monoisotopic (exact) mass is 406 g/mol. The van der Waals surface area contributed by atoms with Crippen LogP contribution in [0.2, 0.25) is 0 Å². The summed E-state index contributed by atoms with van der Waals surface area (Å²) in [5, 5.41) is 2.53. The maximum absolute atomic E-state index is 14.6. The summed E-state index contributed by atoms with van der Waals surface area (Å²) < 4.78 is 46.4. The molecule has 0 aliphatic carbocycles. The highest BCUT2D eigenvalue weighted by Gasteiger charge is 2.31. The maximum atomic E-state index is 14.6. The van der Waals surface area contributed by atoms with Crippen molar-refractivity contribution in [3.63, 3.8) is 0 Å². The van der Waals surface area contributed by atoms with Crippen molar-refractivity contribution in [1.82, 2.24) is 4.31 Å². The molecule has 2 aromatic carbocycles. The molecule has 0 aromatic heterocycles. The molecule has 9 heteroatoms. The van der Waals surface area contributed by atoms with Gasteiger partial charge in [0.1, 0.15) is 17.3 Å². The summed E-state index contributed by atoms with van der Waals surface area (Å²) >= 11 is 0. The van der Waals surface area contributed by atoms with Gasteiger partial charge >= 0.3 is 5.97 Å². The van der Waals surface area contributed by atoms with Crippen LogP contribution in [0.25, 0.3) is 0 Å². The standard InChI is InChI=1S/C19H19FN2O5S/c1-27-19(24)12-22(11-13-5-3-2-4-6-13)28(25,26)17-9-14-7-8-18(23)21-16(14)10-15(17)20/h2-6,9-10H,7-8,11-12H2,1H3,(H,21,23). The Labute approximate surface area is 162 Å². The SMILES string of the molecule is COC(=O)CN(Cc1ccccc1)S(=O)(=O)c1cc2c(cc1F)NC(=O)CC2. The van der Waals surface area contributed by atoms with Gasteiger partial charge in [0.2, 0.25) is 15.9 Å². The van der Waals surface area contributed by atoms with Gasteiger partial charge in [-0.25, -0.2) is 12.8 Å². The van der Waals surface area contributed by atoms with E-state index in [1.54, 1.807) is 30.3 Å². The summed E-state index contributed by atoms with van der Waals surface area (Å²) in [6.07, 6.45) is 0.494. The molecule has 0 unspecified atom stereocenters. The van der Waals surface area contributed by atoms with Crippen molar-refractivity contribution in [3.8, 4) is 0 Å². The van der Waals surface area contributed by atoms with Crippen molar-refractivity contribution in [2.75, 3.05) is 19.0 Å². The molecule has 0 atom stereocenters. The first kappa shape index (κ1) is 20.0. The molecule has 1 aliphatic rings. The number of carbonyl (C=O) groups is 2. The summed E-state index contributed by atoms with van der Waals surface area (Å²) in [7, 11) is -3.19. The molecule has 148 valence electrons. The highest BCUT2D eigenvalue weighted by molar-refractivity contribution is 7.89. The van der Waals surface area contributed by atoms with E-state index in [1.165, 1.54) is 6.07 Å². The van der Waals surface area contributed by atoms with Gasteiger partial charge in [-0.05, 0) is 29.7 Å². The Bertz CT molecular complexity index is 1010. The summed E-state index contributed by atoms with van der Waals surface area (Å²) in [6.45, 7) is -0.674. The molecule has 0 saturated carbocycles. The topological polar surface area (TPSA) is 92.8 Å². The lowest BCUT2D eigenvalue weighted by molar-refractivity contribution is -0.140. The molecule has 0 spiro atoms. The quantitative estimate of drug-likeness (QED) is 0.742. The number of sulfonamides is 1. The molecule has 0 radical (unpaired) electrons. The molecule has 0 bridgehead atoms. The van der Waals surface area contributed by atoms with Gasteiger partial charge in [-0.15, -0.1) is 0 Å². The van der Waals surface area contributed by atoms with Gasteiger partial charge in [0.05, 0.1) is 7.11 Å². The fraction of sp³-hybridized carbons (Fsp3) is 0.263. The van der Waals surface area contributed by atoms with Crippen LogP contribution < -0.4 is 5.32 Å². The first-order chi connectivity index (χ1) is 13.3. The molecule has 1 amide bonds. The first-order valence-electron chi connectivity index (χ1n) is 8.54. The first-order valence-corrected chi connectivity index (χ1v) is 9.98. The molecule has 0 fully saturated rings. The number of nitrogens with zero attached hydrogens (tertiary/aromatic N) is 1. The molecule has 2 aromatic rings. The smallest absolute Gasteiger partial charge is 0.321 e. The van der Waals surface area contributed by atoms with Gasteiger partial charge < -0.3 is 10.1 Å². The third-order valence-corrected chi connectivity index (χ3v) is 6.21. The summed E-state index contributed by atoms with van der Waals surface area (Å²) in [5.74, 6) is -2.01. The normalized spacial score (nSPS) is 13.8. The average molecular weight is 406 g/mol. The lowest BCUT2D eigenvalue weighted by Gasteiger charge is -2.23. The Morgan fingerprint density at radius 3 is 2.61 bits per heavy atom. The molecular weight excluding hydrogens is 387 g/mol. The number of hydrogen-bond donors (Lipinski definition) is 1.